The number of ether oxygens (including phenoxy) is 2. The first-order valence-corrected chi connectivity index (χ1v) is 11.5. The van der Waals surface area contributed by atoms with E-state index in [9.17, 15) is 13.2 Å². The Bertz CT molecular complexity index is 927. The van der Waals surface area contributed by atoms with Gasteiger partial charge in [0.25, 0.3) is 5.91 Å². The fraction of sp³-hybridized carbons (Fsp3) is 0.421. The van der Waals surface area contributed by atoms with E-state index < -0.39 is 15.8 Å². The molecule has 2 aliphatic rings. The monoisotopic (exact) mass is 422 g/mol. The Morgan fingerprint density at radius 2 is 1.89 bits per heavy atom. The number of amides is 1. The summed E-state index contributed by atoms with van der Waals surface area (Å²) in [6, 6.07) is 9.92. The van der Waals surface area contributed by atoms with Crippen LogP contribution in [0.4, 0.5) is 0 Å². The van der Waals surface area contributed by atoms with E-state index in [1.54, 1.807) is 17.0 Å². The molecule has 28 heavy (non-hydrogen) atoms. The minimum atomic E-state index is -3.70. The van der Waals surface area contributed by atoms with E-state index in [0.717, 1.165) is 4.88 Å². The van der Waals surface area contributed by atoms with Crippen molar-refractivity contribution in [3.8, 4) is 0 Å². The van der Waals surface area contributed by atoms with Gasteiger partial charge in [-0.1, -0.05) is 12.1 Å². The van der Waals surface area contributed by atoms with E-state index in [-0.39, 0.29) is 17.3 Å². The lowest BCUT2D eigenvalue weighted by Crippen LogP contribution is -2.47. The molecular formula is C19H22N2O5S2. The second-order valence-electron chi connectivity index (χ2n) is 6.83. The highest BCUT2D eigenvalue weighted by Crippen LogP contribution is 2.31. The van der Waals surface area contributed by atoms with E-state index in [1.807, 2.05) is 17.5 Å². The van der Waals surface area contributed by atoms with E-state index >= 15 is 0 Å². The first kappa shape index (κ1) is 19.5. The third-order valence-electron chi connectivity index (χ3n) is 5.03. The lowest BCUT2D eigenvalue weighted by Gasteiger charge is -2.37. The molecule has 0 aliphatic carbocycles. The van der Waals surface area contributed by atoms with Crippen molar-refractivity contribution in [2.45, 2.75) is 30.1 Å². The van der Waals surface area contributed by atoms with Gasteiger partial charge in [0.1, 0.15) is 0 Å². The zero-order valence-electron chi connectivity index (χ0n) is 15.3. The average Bonchev–Trinajstić information content (AvgIpc) is 3.39. The fourth-order valence-corrected chi connectivity index (χ4v) is 5.27. The zero-order chi connectivity index (χ0) is 19.6. The van der Waals surface area contributed by atoms with Crippen molar-refractivity contribution < 1.29 is 22.7 Å². The van der Waals surface area contributed by atoms with Crippen LogP contribution in [-0.2, 0) is 26.0 Å². The molecule has 2 aliphatic heterocycles. The molecule has 0 radical (unpaired) electrons. The molecule has 2 fully saturated rings. The normalized spacial score (nSPS) is 19.2. The molecule has 0 unspecified atom stereocenters. The Labute approximate surface area is 168 Å². The van der Waals surface area contributed by atoms with E-state index in [4.69, 9.17) is 9.47 Å². The van der Waals surface area contributed by atoms with Crippen molar-refractivity contribution in [3.05, 3.63) is 52.2 Å². The molecule has 1 amide bonds. The van der Waals surface area contributed by atoms with Crippen molar-refractivity contribution in [2.75, 3.05) is 26.3 Å². The third kappa shape index (κ3) is 4.13. The molecule has 9 heteroatoms. The number of hydrogen-bond acceptors (Lipinski definition) is 6. The molecule has 0 bridgehead atoms. The number of carbonyl (C=O) groups is 1. The summed E-state index contributed by atoms with van der Waals surface area (Å²) in [6.07, 6.45) is 1.25. The van der Waals surface area contributed by atoms with Gasteiger partial charge in [-0.25, -0.2) is 13.1 Å². The van der Waals surface area contributed by atoms with Crippen LogP contribution >= 0.6 is 11.3 Å². The number of carbonyl (C=O) groups excluding carboxylic acids is 1. The molecule has 4 rings (SSSR count). The summed E-state index contributed by atoms with van der Waals surface area (Å²) in [7, 11) is -3.70. The topological polar surface area (TPSA) is 84.9 Å². The number of likely N-dealkylation sites (tertiary alicyclic amines) is 1. The fourth-order valence-electron chi connectivity index (χ4n) is 3.48. The highest BCUT2D eigenvalue weighted by atomic mass is 32.2. The summed E-state index contributed by atoms with van der Waals surface area (Å²) >= 11 is 1.49. The second kappa shape index (κ2) is 7.92. The number of nitrogens with zero attached hydrogens (tertiary/aromatic N) is 1. The van der Waals surface area contributed by atoms with Crippen molar-refractivity contribution in [2.24, 2.45) is 0 Å². The summed E-state index contributed by atoms with van der Waals surface area (Å²) in [5.74, 6) is -0.726. The number of hydrogen-bond donors (Lipinski definition) is 1. The molecular weight excluding hydrogens is 400 g/mol. The van der Waals surface area contributed by atoms with Gasteiger partial charge < -0.3 is 14.4 Å². The van der Waals surface area contributed by atoms with Gasteiger partial charge in [0.05, 0.1) is 18.1 Å². The average molecular weight is 423 g/mol. The Balaban J connectivity index is 1.43. The molecule has 1 aromatic carbocycles. The van der Waals surface area contributed by atoms with Crippen LogP contribution in [-0.4, -0.2) is 51.3 Å². The molecule has 150 valence electrons. The number of benzene rings is 1. The predicted octanol–water partition coefficient (Wildman–Crippen LogP) is 2.21. The van der Waals surface area contributed by atoms with Crippen molar-refractivity contribution in [3.63, 3.8) is 0 Å². The summed E-state index contributed by atoms with van der Waals surface area (Å²) in [6.45, 7) is 2.45. The maximum atomic E-state index is 12.9. The minimum Gasteiger partial charge on any atom is -0.347 e. The molecule has 1 spiro atoms. The summed E-state index contributed by atoms with van der Waals surface area (Å²) in [5.41, 5.74) is 0.364. The maximum absolute atomic E-state index is 12.9. The molecule has 3 heterocycles. The van der Waals surface area contributed by atoms with Gasteiger partial charge in [0, 0.05) is 42.9 Å². The number of nitrogens with one attached hydrogen (secondary N) is 1. The quantitative estimate of drug-likeness (QED) is 0.799. The lowest BCUT2D eigenvalue weighted by molar-refractivity contribution is -0.181. The number of sulfonamides is 1. The second-order valence-corrected chi connectivity index (χ2v) is 9.63. The molecule has 1 N–H and O–H groups in total. The van der Waals surface area contributed by atoms with Gasteiger partial charge >= 0.3 is 0 Å². The van der Waals surface area contributed by atoms with Crippen LogP contribution in [0.2, 0.25) is 0 Å². The van der Waals surface area contributed by atoms with Crippen molar-refractivity contribution >= 4 is 27.3 Å². The van der Waals surface area contributed by atoms with E-state index in [1.165, 1.54) is 23.5 Å². The summed E-state index contributed by atoms with van der Waals surface area (Å²) in [5, 5.41) is 1.90. The van der Waals surface area contributed by atoms with Gasteiger partial charge in [-0.3, -0.25) is 4.79 Å². The Kier molecular flexibility index (Phi) is 5.52. The number of rotatable bonds is 5. The highest BCUT2D eigenvalue weighted by molar-refractivity contribution is 7.89. The largest absolute Gasteiger partial charge is 0.347 e. The van der Waals surface area contributed by atoms with Crippen LogP contribution in [0, 0.1) is 0 Å². The van der Waals surface area contributed by atoms with E-state index in [2.05, 4.69) is 4.72 Å². The number of thiophene rings is 1. The van der Waals surface area contributed by atoms with Crippen LogP contribution in [0.1, 0.15) is 28.1 Å². The molecule has 0 atom stereocenters. The molecule has 2 saturated heterocycles. The minimum absolute atomic E-state index is 0.0887. The van der Waals surface area contributed by atoms with Gasteiger partial charge in [-0.15, -0.1) is 11.3 Å². The van der Waals surface area contributed by atoms with Crippen LogP contribution in [0.3, 0.4) is 0 Å². The maximum Gasteiger partial charge on any atom is 0.253 e. The van der Waals surface area contributed by atoms with E-state index in [0.29, 0.717) is 44.7 Å². The van der Waals surface area contributed by atoms with Crippen molar-refractivity contribution in [1.29, 1.82) is 0 Å². The SMILES string of the molecule is O=C(c1cccc(S(=O)(=O)NCc2cccs2)c1)N1CCC2(CC1)OCCO2. The van der Waals surface area contributed by atoms with Crippen LogP contribution < -0.4 is 4.72 Å². The first-order chi connectivity index (χ1) is 13.5. The van der Waals surface area contributed by atoms with Crippen LogP contribution in [0.15, 0.2) is 46.7 Å². The molecule has 7 nitrogen and oxygen atoms in total. The van der Waals surface area contributed by atoms with Gasteiger partial charge in [0.2, 0.25) is 10.0 Å². The Morgan fingerprint density at radius 3 is 2.57 bits per heavy atom. The Hall–Kier alpha value is -1.78. The molecule has 0 saturated carbocycles. The third-order valence-corrected chi connectivity index (χ3v) is 7.31. The standard InChI is InChI=1S/C19H22N2O5S2/c22-18(21-8-6-19(7-9-21)25-10-11-26-19)15-3-1-5-17(13-15)28(23,24)20-14-16-4-2-12-27-16/h1-5,12-13,20H,6-11,14H2. The van der Waals surface area contributed by atoms with Gasteiger partial charge in [-0.2, -0.15) is 0 Å². The lowest BCUT2D eigenvalue weighted by atomic mass is 10.0. The molecule has 1 aromatic heterocycles. The first-order valence-electron chi connectivity index (χ1n) is 9.17. The highest BCUT2D eigenvalue weighted by Gasteiger charge is 2.40. The van der Waals surface area contributed by atoms with Gasteiger partial charge in [0.15, 0.2) is 5.79 Å². The smallest absolute Gasteiger partial charge is 0.253 e. The Morgan fingerprint density at radius 1 is 1.14 bits per heavy atom. The summed E-state index contributed by atoms with van der Waals surface area (Å²) in [4.78, 5) is 15.6. The summed E-state index contributed by atoms with van der Waals surface area (Å²) < 4.78 is 39.1. The van der Waals surface area contributed by atoms with Gasteiger partial charge in [-0.05, 0) is 29.6 Å². The zero-order valence-corrected chi connectivity index (χ0v) is 16.9. The number of piperidine rings is 1. The van der Waals surface area contributed by atoms with Crippen LogP contribution in [0.5, 0.6) is 0 Å². The van der Waals surface area contributed by atoms with Crippen molar-refractivity contribution in [1.82, 2.24) is 9.62 Å². The van der Waals surface area contributed by atoms with Crippen LogP contribution in [0.25, 0.3) is 0 Å². The predicted molar refractivity (Wildman–Crippen MR) is 105 cm³/mol. The molecule has 2 aromatic rings.